The molecule has 0 radical (unpaired) electrons. The Balaban J connectivity index is 2.94. The molecule has 0 saturated heterocycles. The molecule has 21 heavy (non-hydrogen) atoms. The molecule has 1 aromatic rings. The summed E-state index contributed by atoms with van der Waals surface area (Å²) < 4.78 is 13.2. The number of carbonyl (C=O) groups excluding carboxylic acids is 2. The standard InChI is InChI=1S/C15H18FN3O2/c1-3-18-14(20)10(2)19-15(21)13-7-6-12(16)9-11(13)5-4-8-17/h6-7,9-10H,3,8,17H2,1-2H3,(H,18,20)(H,19,21). The molecule has 0 bridgehead atoms. The fourth-order valence-corrected chi connectivity index (χ4v) is 1.63. The first-order chi connectivity index (χ1) is 9.99. The van der Waals surface area contributed by atoms with Crippen molar-refractivity contribution in [3.8, 4) is 11.8 Å². The van der Waals surface area contributed by atoms with Gasteiger partial charge in [-0.2, -0.15) is 0 Å². The zero-order chi connectivity index (χ0) is 15.8. The van der Waals surface area contributed by atoms with Crippen LogP contribution in [-0.4, -0.2) is 30.9 Å². The number of amides is 2. The minimum Gasteiger partial charge on any atom is -0.355 e. The Morgan fingerprint density at radius 1 is 1.43 bits per heavy atom. The van der Waals surface area contributed by atoms with Crippen LogP contribution in [0.25, 0.3) is 0 Å². The van der Waals surface area contributed by atoms with Crippen molar-refractivity contribution in [2.45, 2.75) is 19.9 Å². The zero-order valence-electron chi connectivity index (χ0n) is 12.0. The topological polar surface area (TPSA) is 84.2 Å². The van der Waals surface area contributed by atoms with Gasteiger partial charge < -0.3 is 16.4 Å². The molecule has 0 spiro atoms. The van der Waals surface area contributed by atoms with Crippen molar-refractivity contribution < 1.29 is 14.0 Å². The van der Waals surface area contributed by atoms with Crippen molar-refractivity contribution in [2.24, 2.45) is 5.73 Å². The number of halogens is 1. The minimum absolute atomic E-state index is 0.104. The molecule has 1 atom stereocenters. The molecule has 4 N–H and O–H groups in total. The zero-order valence-corrected chi connectivity index (χ0v) is 12.0. The van der Waals surface area contributed by atoms with Gasteiger partial charge in [-0.15, -0.1) is 0 Å². The van der Waals surface area contributed by atoms with Crippen molar-refractivity contribution in [3.05, 3.63) is 35.1 Å². The summed E-state index contributed by atoms with van der Waals surface area (Å²) in [4.78, 5) is 23.7. The summed E-state index contributed by atoms with van der Waals surface area (Å²) in [6, 6.07) is 2.96. The van der Waals surface area contributed by atoms with Crippen LogP contribution in [0, 0.1) is 17.7 Å². The molecule has 0 heterocycles. The lowest BCUT2D eigenvalue weighted by atomic mass is 10.1. The second-order valence-electron chi connectivity index (χ2n) is 4.29. The maximum atomic E-state index is 13.2. The van der Waals surface area contributed by atoms with E-state index in [9.17, 15) is 14.0 Å². The van der Waals surface area contributed by atoms with Gasteiger partial charge in [0.2, 0.25) is 5.91 Å². The van der Waals surface area contributed by atoms with Gasteiger partial charge in [0.25, 0.3) is 5.91 Å². The predicted molar refractivity (Wildman–Crippen MR) is 77.9 cm³/mol. The maximum Gasteiger partial charge on any atom is 0.253 e. The van der Waals surface area contributed by atoms with Crippen LogP contribution in [0.5, 0.6) is 0 Å². The van der Waals surface area contributed by atoms with Crippen LogP contribution < -0.4 is 16.4 Å². The van der Waals surface area contributed by atoms with E-state index in [0.29, 0.717) is 6.54 Å². The lowest BCUT2D eigenvalue weighted by molar-refractivity contribution is -0.122. The quantitative estimate of drug-likeness (QED) is 0.702. The van der Waals surface area contributed by atoms with Crippen molar-refractivity contribution >= 4 is 11.8 Å². The number of carbonyl (C=O) groups is 2. The van der Waals surface area contributed by atoms with E-state index in [-0.39, 0.29) is 23.6 Å². The normalized spacial score (nSPS) is 11.0. The molecule has 6 heteroatoms. The molecule has 1 rings (SSSR count). The van der Waals surface area contributed by atoms with Gasteiger partial charge in [0, 0.05) is 12.1 Å². The van der Waals surface area contributed by atoms with E-state index >= 15 is 0 Å². The highest BCUT2D eigenvalue weighted by Gasteiger charge is 2.17. The van der Waals surface area contributed by atoms with Crippen molar-refractivity contribution in [3.63, 3.8) is 0 Å². The third-order valence-electron chi connectivity index (χ3n) is 2.64. The van der Waals surface area contributed by atoms with Crippen LogP contribution in [-0.2, 0) is 4.79 Å². The van der Waals surface area contributed by atoms with E-state index in [1.165, 1.54) is 12.1 Å². The number of hydrogen-bond acceptors (Lipinski definition) is 3. The lowest BCUT2D eigenvalue weighted by Gasteiger charge is -2.14. The van der Waals surface area contributed by atoms with E-state index in [1.54, 1.807) is 13.8 Å². The Kier molecular flexibility index (Phi) is 6.37. The molecule has 112 valence electrons. The van der Waals surface area contributed by atoms with Gasteiger partial charge in [-0.1, -0.05) is 11.8 Å². The molecule has 0 aliphatic rings. The van der Waals surface area contributed by atoms with E-state index in [1.807, 2.05) is 0 Å². The number of nitrogens with two attached hydrogens (primary N) is 1. The average Bonchev–Trinajstić information content (AvgIpc) is 2.45. The van der Waals surface area contributed by atoms with Crippen LogP contribution >= 0.6 is 0 Å². The highest BCUT2D eigenvalue weighted by Crippen LogP contribution is 2.10. The molecule has 0 fully saturated rings. The van der Waals surface area contributed by atoms with Crippen LogP contribution in [0.3, 0.4) is 0 Å². The van der Waals surface area contributed by atoms with E-state index < -0.39 is 17.8 Å². The Hall–Kier alpha value is -2.39. The molecule has 1 unspecified atom stereocenters. The highest BCUT2D eigenvalue weighted by atomic mass is 19.1. The van der Waals surface area contributed by atoms with Gasteiger partial charge in [0.05, 0.1) is 12.1 Å². The summed E-state index contributed by atoms with van der Waals surface area (Å²) in [6.07, 6.45) is 0. The predicted octanol–water partition coefficient (Wildman–Crippen LogP) is 0.390. The number of rotatable bonds is 4. The first-order valence-electron chi connectivity index (χ1n) is 6.56. The second kappa shape index (κ2) is 8.02. The van der Waals surface area contributed by atoms with Crippen LogP contribution in [0.2, 0.25) is 0 Å². The van der Waals surface area contributed by atoms with Gasteiger partial charge in [-0.25, -0.2) is 4.39 Å². The second-order valence-corrected chi connectivity index (χ2v) is 4.29. The van der Waals surface area contributed by atoms with Crippen molar-refractivity contribution in [1.82, 2.24) is 10.6 Å². The van der Waals surface area contributed by atoms with Gasteiger partial charge in [-0.05, 0) is 32.0 Å². The summed E-state index contributed by atoms with van der Waals surface area (Å²) in [5, 5.41) is 5.15. The molecular weight excluding hydrogens is 273 g/mol. The first kappa shape index (κ1) is 16.7. The summed E-state index contributed by atoms with van der Waals surface area (Å²) in [5.74, 6) is 3.95. The van der Waals surface area contributed by atoms with Crippen molar-refractivity contribution in [1.29, 1.82) is 0 Å². The third kappa shape index (κ3) is 4.89. The maximum absolute atomic E-state index is 13.2. The molecule has 0 aromatic heterocycles. The molecule has 0 aliphatic carbocycles. The summed E-state index contributed by atoms with van der Waals surface area (Å²) >= 11 is 0. The number of nitrogens with one attached hydrogen (secondary N) is 2. The van der Waals surface area contributed by atoms with Crippen LogP contribution in [0.1, 0.15) is 29.8 Å². The SMILES string of the molecule is CCNC(=O)C(C)NC(=O)c1ccc(F)cc1C#CCN. The van der Waals surface area contributed by atoms with Crippen molar-refractivity contribution in [2.75, 3.05) is 13.1 Å². The largest absolute Gasteiger partial charge is 0.355 e. The fourth-order valence-electron chi connectivity index (χ4n) is 1.63. The van der Waals surface area contributed by atoms with E-state index in [4.69, 9.17) is 5.73 Å². The average molecular weight is 291 g/mol. The van der Waals surface area contributed by atoms with Gasteiger partial charge in [-0.3, -0.25) is 9.59 Å². The van der Waals surface area contributed by atoms with Gasteiger partial charge in [0.15, 0.2) is 0 Å². The number of hydrogen-bond donors (Lipinski definition) is 3. The Morgan fingerprint density at radius 3 is 2.76 bits per heavy atom. The Bertz CT molecular complexity index is 590. The molecule has 2 amide bonds. The van der Waals surface area contributed by atoms with Gasteiger partial charge in [0.1, 0.15) is 11.9 Å². The number of likely N-dealkylation sites (N-methyl/N-ethyl adjacent to an activating group) is 1. The smallest absolute Gasteiger partial charge is 0.253 e. The number of benzene rings is 1. The Labute approximate surface area is 123 Å². The monoisotopic (exact) mass is 291 g/mol. The lowest BCUT2D eigenvalue weighted by Crippen LogP contribution is -2.44. The highest BCUT2D eigenvalue weighted by molar-refractivity contribution is 5.99. The van der Waals surface area contributed by atoms with E-state index in [0.717, 1.165) is 6.07 Å². The van der Waals surface area contributed by atoms with E-state index in [2.05, 4.69) is 22.5 Å². The molecule has 0 saturated carbocycles. The summed E-state index contributed by atoms with van der Waals surface area (Å²) in [6.45, 7) is 3.93. The molecule has 1 aromatic carbocycles. The first-order valence-corrected chi connectivity index (χ1v) is 6.56. The molecular formula is C15H18FN3O2. The molecule has 0 aliphatic heterocycles. The summed E-state index contributed by atoms with van der Waals surface area (Å²) in [7, 11) is 0. The van der Waals surface area contributed by atoms with Crippen LogP contribution in [0.15, 0.2) is 18.2 Å². The minimum atomic E-state index is -0.696. The molecule has 5 nitrogen and oxygen atoms in total. The third-order valence-corrected chi connectivity index (χ3v) is 2.64. The van der Waals surface area contributed by atoms with Gasteiger partial charge >= 0.3 is 0 Å². The summed E-state index contributed by atoms with van der Waals surface area (Å²) in [5.41, 5.74) is 5.71. The Morgan fingerprint density at radius 2 is 2.14 bits per heavy atom. The fraction of sp³-hybridized carbons (Fsp3) is 0.333. The van der Waals surface area contributed by atoms with Crippen LogP contribution in [0.4, 0.5) is 4.39 Å².